The van der Waals surface area contributed by atoms with Gasteiger partial charge in [0.05, 0.1) is 6.42 Å². The lowest BCUT2D eigenvalue weighted by Gasteiger charge is -2.12. The predicted molar refractivity (Wildman–Crippen MR) is 80.9 cm³/mol. The molecule has 0 fully saturated rings. The Morgan fingerprint density at radius 3 is 2.25 bits per heavy atom. The van der Waals surface area contributed by atoms with Gasteiger partial charge >= 0.3 is 0 Å². The molecule has 2 aromatic rings. The van der Waals surface area contributed by atoms with Crippen molar-refractivity contribution in [2.24, 2.45) is 0 Å². The Hall–Kier alpha value is -1.80. The third kappa shape index (κ3) is 3.02. The van der Waals surface area contributed by atoms with Gasteiger partial charge in [-0.1, -0.05) is 48.0 Å². The Kier molecular flexibility index (Phi) is 3.75. The van der Waals surface area contributed by atoms with Crippen LogP contribution >= 0.6 is 11.6 Å². The highest BCUT2D eigenvalue weighted by molar-refractivity contribution is 6.30. The summed E-state index contributed by atoms with van der Waals surface area (Å²) in [7, 11) is 0. The summed E-state index contributed by atoms with van der Waals surface area (Å²) in [5.74, 6) is 0.0742. The van der Waals surface area contributed by atoms with Gasteiger partial charge in [0.1, 0.15) is 0 Å². The molecular formula is C17H16ClNO. The molecule has 0 bridgehead atoms. The summed E-state index contributed by atoms with van der Waals surface area (Å²) < 4.78 is 0. The number of fused-ring (bicyclic) bond motifs is 1. The lowest BCUT2D eigenvalue weighted by molar-refractivity contribution is -0.121. The molecule has 0 unspecified atom stereocenters. The van der Waals surface area contributed by atoms with E-state index in [-0.39, 0.29) is 11.9 Å². The van der Waals surface area contributed by atoms with Crippen molar-refractivity contribution in [1.29, 1.82) is 0 Å². The average Bonchev–Trinajstić information content (AvgIpc) is 2.83. The molecule has 0 aliphatic heterocycles. The van der Waals surface area contributed by atoms with Crippen LogP contribution in [0.2, 0.25) is 5.02 Å². The molecule has 0 heterocycles. The molecule has 0 saturated heterocycles. The first kappa shape index (κ1) is 13.2. The summed E-state index contributed by atoms with van der Waals surface area (Å²) in [4.78, 5) is 12.1. The first-order chi connectivity index (χ1) is 9.70. The van der Waals surface area contributed by atoms with Crippen molar-refractivity contribution in [3.05, 3.63) is 70.2 Å². The normalized spacial score (nSPS) is 14.1. The standard InChI is InChI=1S/C17H16ClNO/c18-15-7-5-12(6-8-15)9-17(20)19-16-10-13-3-1-2-4-14(13)11-16/h1-8,16H,9-11H2,(H,19,20). The number of hydrogen-bond acceptors (Lipinski definition) is 1. The number of benzene rings is 2. The molecular weight excluding hydrogens is 270 g/mol. The van der Waals surface area contributed by atoms with Gasteiger partial charge in [-0.05, 0) is 41.7 Å². The minimum absolute atomic E-state index is 0.0742. The predicted octanol–water partition coefficient (Wildman–Crippen LogP) is 3.17. The highest BCUT2D eigenvalue weighted by atomic mass is 35.5. The molecule has 1 N–H and O–H groups in total. The van der Waals surface area contributed by atoms with E-state index in [0.717, 1.165) is 18.4 Å². The van der Waals surface area contributed by atoms with Gasteiger partial charge in [-0.2, -0.15) is 0 Å². The fraction of sp³-hybridized carbons (Fsp3) is 0.235. The number of nitrogens with one attached hydrogen (secondary N) is 1. The fourth-order valence-electron chi connectivity index (χ4n) is 2.73. The van der Waals surface area contributed by atoms with E-state index in [4.69, 9.17) is 11.6 Å². The first-order valence-corrected chi connectivity index (χ1v) is 7.19. The van der Waals surface area contributed by atoms with Crippen molar-refractivity contribution in [1.82, 2.24) is 5.32 Å². The van der Waals surface area contributed by atoms with E-state index in [0.29, 0.717) is 11.4 Å². The molecule has 0 spiro atoms. The van der Waals surface area contributed by atoms with Crippen molar-refractivity contribution in [2.75, 3.05) is 0 Å². The van der Waals surface area contributed by atoms with E-state index in [2.05, 4.69) is 29.6 Å². The Bertz CT molecular complexity index is 596. The highest BCUT2D eigenvalue weighted by Crippen LogP contribution is 2.21. The largest absolute Gasteiger partial charge is 0.352 e. The van der Waals surface area contributed by atoms with Crippen LogP contribution in [-0.4, -0.2) is 11.9 Å². The molecule has 2 nitrogen and oxygen atoms in total. The summed E-state index contributed by atoms with van der Waals surface area (Å²) >= 11 is 5.84. The van der Waals surface area contributed by atoms with E-state index in [1.807, 2.05) is 24.3 Å². The maximum atomic E-state index is 12.1. The second kappa shape index (κ2) is 5.68. The average molecular weight is 286 g/mol. The third-order valence-corrected chi connectivity index (χ3v) is 3.95. The van der Waals surface area contributed by atoms with Gasteiger partial charge in [0, 0.05) is 11.1 Å². The summed E-state index contributed by atoms with van der Waals surface area (Å²) in [5.41, 5.74) is 3.69. The molecule has 1 aliphatic rings. The van der Waals surface area contributed by atoms with E-state index in [9.17, 15) is 4.79 Å². The highest BCUT2D eigenvalue weighted by Gasteiger charge is 2.22. The van der Waals surface area contributed by atoms with E-state index in [1.165, 1.54) is 11.1 Å². The third-order valence-electron chi connectivity index (χ3n) is 3.69. The monoisotopic (exact) mass is 285 g/mol. The zero-order valence-electron chi connectivity index (χ0n) is 11.1. The summed E-state index contributed by atoms with van der Waals surface area (Å²) in [6.07, 6.45) is 2.27. The van der Waals surface area contributed by atoms with Gasteiger partial charge in [0.2, 0.25) is 5.91 Å². The van der Waals surface area contributed by atoms with E-state index >= 15 is 0 Å². The van der Waals surface area contributed by atoms with Gasteiger partial charge in [0.25, 0.3) is 0 Å². The molecule has 0 atom stereocenters. The topological polar surface area (TPSA) is 29.1 Å². The Morgan fingerprint density at radius 1 is 1.05 bits per heavy atom. The van der Waals surface area contributed by atoms with Crippen molar-refractivity contribution in [3.63, 3.8) is 0 Å². The molecule has 1 amide bonds. The number of hydrogen-bond donors (Lipinski definition) is 1. The van der Waals surface area contributed by atoms with Crippen LogP contribution in [0.3, 0.4) is 0 Å². The van der Waals surface area contributed by atoms with Crippen LogP contribution in [0.1, 0.15) is 16.7 Å². The zero-order chi connectivity index (χ0) is 13.9. The van der Waals surface area contributed by atoms with Crippen molar-refractivity contribution >= 4 is 17.5 Å². The lowest BCUT2D eigenvalue weighted by Crippen LogP contribution is -2.36. The number of amides is 1. The molecule has 0 saturated carbocycles. The van der Waals surface area contributed by atoms with Gasteiger partial charge in [-0.15, -0.1) is 0 Å². The van der Waals surface area contributed by atoms with E-state index in [1.54, 1.807) is 0 Å². The summed E-state index contributed by atoms with van der Waals surface area (Å²) in [5, 5.41) is 3.81. The maximum absolute atomic E-state index is 12.1. The number of halogens is 1. The maximum Gasteiger partial charge on any atom is 0.224 e. The lowest BCUT2D eigenvalue weighted by atomic mass is 10.1. The Balaban J connectivity index is 1.57. The van der Waals surface area contributed by atoms with Gasteiger partial charge in [-0.3, -0.25) is 4.79 Å². The molecule has 1 aliphatic carbocycles. The van der Waals surface area contributed by atoms with Crippen molar-refractivity contribution in [3.8, 4) is 0 Å². The smallest absolute Gasteiger partial charge is 0.224 e. The van der Waals surface area contributed by atoms with Crippen LogP contribution in [0.4, 0.5) is 0 Å². The molecule has 0 aromatic heterocycles. The number of carbonyl (C=O) groups excluding carboxylic acids is 1. The Morgan fingerprint density at radius 2 is 1.65 bits per heavy atom. The van der Waals surface area contributed by atoms with Gasteiger partial charge in [-0.25, -0.2) is 0 Å². The SMILES string of the molecule is O=C(Cc1ccc(Cl)cc1)NC1Cc2ccccc2C1. The quantitative estimate of drug-likeness (QED) is 0.922. The first-order valence-electron chi connectivity index (χ1n) is 6.81. The Labute approximate surface area is 123 Å². The summed E-state index contributed by atoms with van der Waals surface area (Å²) in [6.45, 7) is 0. The van der Waals surface area contributed by atoms with E-state index < -0.39 is 0 Å². The molecule has 102 valence electrons. The second-order valence-electron chi connectivity index (χ2n) is 5.24. The van der Waals surface area contributed by atoms with Crippen LogP contribution in [0.25, 0.3) is 0 Å². The zero-order valence-corrected chi connectivity index (χ0v) is 11.9. The van der Waals surface area contributed by atoms with Crippen LogP contribution in [0.5, 0.6) is 0 Å². The van der Waals surface area contributed by atoms with Crippen LogP contribution < -0.4 is 5.32 Å². The molecule has 0 radical (unpaired) electrons. The van der Waals surface area contributed by atoms with Gasteiger partial charge in [0.15, 0.2) is 0 Å². The molecule has 3 rings (SSSR count). The van der Waals surface area contributed by atoms with Crippen molar-refractivity contribution < 1.29 is 4.79 Å². The molecule has 3 heteroatoms. The van der Waals surface area contributed by atoms with Crippen LogP contribution in [0, 0.1) is 0 Å². The van der Waals surface area contributed by atoms with Gasteiger partial charge < -0.3 is 5.32 Å². The van der Waals surface area contributed by atoms with Crippen LogP contribution in [0.15, 0.2) is 48.5 Å². The molecule has 20 heavy (non-hydrogen) atoms. The van der Waals surface area contributed by atoms with Crippen molar-refractivity contribution in [2.45, 2.75) is 25.3 Å². The minimum atomic E-state index is 0.0742. The number of rotatable bonds is 3. The van der Waals surface area contributed by atoms with Crippen LogP contribution in [-0.2, 0) is 24.1 Å². The fourth-order valence-corrected chi connectivity index (χ4v) is 2.85. The minimum Gasteiger partial charge on any atom is -0.352 e. The molecule has 2 aromatic carbocycles. The summed E-state index contributed by atoms with van der Waals surface area (Å²) in [6, 6.07) is 16.0. The second-order valence-corrected chi connectivity index (χ2v) is 5.68. The number of carbonyl (C=O) groups is 1.